The SMILES string of the molecule is COc1ccc(C(C)C(=O)O)cc1CN1CCOCC1. The fourth-order valence-electron chi connectivity index (χ4n) is 2.33. The van der Waals surface area contributed by atoms with E-state index in [9.17, 15) is 4.79 Å². The van der Waals surface area contributed by atoms with E-state index in [0.717, 1.165) is 49.7 Å². The molecule has 1 unspecified atom stereocenters. The summed E-state index contributed by atoms with van der Waals surface area (Å²) >= 11 is 0. The van der Waals surface area contributed by atoms with Crippen LogP contribution in [0.25, 0.3) is 0 Å². The molecule has 1 aromatic carbocycles. The number of nitrogens with zero attached hydrogens (tertiary/aromatic N) is 1. The highest BCUT2D eigenvalue weighted by Crippen LogP contribution is 2.26. The highest BCUT2D eigenvalue weighted by Gasteiger charge is 2.18. The van der Waals surface area contributed by atoms with Crippen LogP contribution >= 0.6 is 0 Å². The predicted molar refractivity (Wildman–Crippen MR) is 75.1 cm³/mol. The Hall–Kier alpha value is -1.59. The van der Waals surface area contributed by atoms with Crippen LogP contribution in [0.1, 0.15) is 24.0 Å². The number of carboxylic acid groups (broad SMARTS) is 1. The van der Waals surface area contributed by atoms with E-state index in [4.69, 9.17) is 14.6 Å². The topological polar surface area (TPSA) is 59.0 Å². The molecule has 1 fully saturated rings. The number of carbonyl (C=O) groups is 1. The fourth-order valence-corrected chi connectivity index (χ4v) is 2.33. The Bertz CT molecular complexity index is 469. The van der Waals surface area contributed by atoms with Crippen LogP contribution in [0.2, 0.25) is 0 Å². The number of methoxy groups -OCH3 is 1. The standard InChI is InChI=1S/C15H21NO4/c1-11(15(17)18)12-3-4-14(19-2)13(9-12)10-16-5-7-20-8-6-16/h3-4,9,11H,5-8,10H2,1-2H3,(H,17,18). The molecule has 110 valence electrons. The molecule has 0 spiro atoms. The van der Waals surface area contributed by atoms with Crippen LogP contribution in [0.3, 0.4) is 0 Å². The molecular formula is C15H21NO4. The van der Waals surface area contributed by atoms with Gasteiger partial charge < -0.3 is 14.6 Å². The van der Waals surface area contributed by atoms with Gasteiger partial charge in [-0.1, -0.05) is 6.07 Å². The summed E-state index contributed by atoms with van der Waals surface area (Å²) < 4.78 is 10.7. The largest absolute Gasteiger partial charge is 0.496 e. The van der Waals surface area contributed by atoms with E-state index in [-0.39, 0.29) is 0 Å². The summed E-state index contributed by atoms with van der Waals surface area (Å²) in [6.45, 7) is 5.72. The molecular weight excluding hydrogens is 258 g/mol. The van der Waals surface area contributed by atoms with Crippen LogP contribution in [0.15, 0.2) is 18.2 Å². The molecule has 0 bridgehead atoms. The van der Waals surface area contributed by atoms with Crippen molar-refractivity contribution in [3.63, 3.8) is 0 Å². The van der Waals surface area contributed by atoms with Crippen molar-refractivity contribution >= 4 is 5.97 Å². The van der Waals surface area contributed by atoms with Gasteiger partial charge in [0.05, 0.1) is 26.2 Å². The quantitative estimate of drug-likeness (QED) is 0.889. The normalized spacial score (nSPS) is 17.7. The highest BCUT2D eigenvalue weighted by molar-refractivity contribution is 5.75. The summed E-state index contributed by atoms with van der Waals surface area (Å²) in [7, 11) is 1.64. The average Bonchev–Trinajstić information content (AvgIpc) is 2.47. The van der Waals surface area contributed by atoms with E-state index in [0.29, 0.717) is 0 Å². The first-order valence-electron chi connectivity index (χ1n) is 6.81. The molecule has 1 aromatic rings. The van der Waals surface area contributed by atoms with Gasteiger partial charge in [0.1, 0.15) is 5.75 Å². The molecule has 1 heterocycles. The third-order valence-electron chi connectivity index (χ3n) is 3.67. The summed E-state index contributed by atoms with van der Waals surface area (Å²) in [5.41, 5.74) is 1.83. The smallest absolute Gasteiger partial charge is 0.310 e. The maximum Gasteiger partial charge on any atom is 0.310 e. The van der Waals surface area contributed by atoms with E-state index in [1.807, 2.05) is 18.2 Å². The Kier molecular flexibility index (Phi) is 4.98. The van der Waals surface area contributed by atoms with Crippen LogP contribution in [-0.2, 0) is 16.1 Å². The molecule has 0 saturated carbocycles. The number of benzene rings is 1. The van der Waals surface area contributed by atoms with Crippen LogP contribution in [0.4, 0.5) is 0 Å². The molecule has 0 amide bonds. The molecule has 5 heteroatoms. The van der Waals surface area contributed by atoms with Gasteiger partial charge in [0.25, 0.3) is 0 Å². The lowest BCUT2D eigenvalue weighted by Gasteiger charge is -2.27. The monoisotopic (exact) mass is 279 g/mol. The minimum Gasteiger partial charge on any atom is -0.496 e. The third-order valence-corrected chi connectivity index (χ3v) is 3.67. The van der Waals surface area contributed by atoms with Crippen molar-refractivity contribution in [2.75, 3.05) is 33.4 Å². The van der Waals surface area contributed by atoms with Crippen molar-refractivity contribution in [2.45, 2.75) is 19.4 Å². The van der Waals surface area contributed by atoms with Gasteiger partial charge in [-0.3, -0.25) is 9.69 Å². The minimum atomic E-state index is -0.813. The Balaban J connectivity index is 2.19. The molecule has 0 aliphatic carbocycles. The van der Waals surface area contributed by atoms with Crippen molar-refractivity contribution in [1.29, 1.82) is 0 Å². The maximum absolute atomic E-state index is 11.1. The van der Waals surface area contributed by atoms with E-state index < -0.39 is 11.9 Å². The zero-order chi connectivity index (χ0) is 14.5. The first-order valence-corrected chi connectivity index (χ1v) is 6.81. The molecule has 1 aliphatic rings. The summed E-state index contributed by atoms with van der Waals surface area (Å²) in [4.78, 5) is 13.4. The fraction of sp³-hybridized carbons (Fsp3) is 0.533. The lowest BCUT2D eigenvalue weighted by atomic mass is 9.98. The van der Waals surface area contributed by atoms with E-state index in [2.05, 4.69) is 4.90 Å². The highest BCUT2D eigenvalue weighted by atomic mass is 16.5. The van der Waals surface area contributed by atoms with E-state index >= 15 is 0 Å². The molecule has 1 saturated heterocycles. The van der Waals surface area contributed by atoms with Crippen LogP contribution in [-0.4, -0.2) is 49.4 Å². The van der Waals surface area contributed by atoms with Gasteiger partial charge >= 0.3 is 5.97 Å². The Morgan fingerprint density at radius 3 is 2.75 bits per heavy atom. The van der Waals surface area contributed by atoms with Crippen LogP contribution < -0.4 is 4.74 Å². The van der Waals surface area contributed by atoms with Gasteiger partial charge in [0.2, 0.25) is 0 Å². The molecule has 0 aromatic heterocycles. The number of hydrogen-bond acceptors (Lipinski definition) is 4. The van der Waals surface area contributed by atoms with Crippen molar-refractivity contribution in [3.8, 4) is 5.75 Å². The first-order chi connectivity index (χ1) is 9.61. The summed E-state index contributed by atoms with van der Waals surface area (Å²) in [6.07, 6.45) is 0. The summed E-state index contributed by atoms with van der Waals surface area (Å²) in [5, 5.41) is 9.12. The minimum absolute atomic E-state index is 0.510. The Labute approximate surface area is 119 Å². The number of morpholine rings is 1. The molecule has 1 N–H and O–H groups in total. The van der Waals surface area contributed by atoms with Crippen molar-refractivity contribution in [1.82, 2.24) is 4.90 Å². The molecule has 0 radical (unpaired) electrons. The van der Waals surface area contributed by atoms with Gasteiger partial charge in [0, 0.05) is 25.2 Å². The third kappa shape index (κ3) is 3.49. The lowest BCUT2D eigenvalue weighted by Crippen LogP contribution is -2.35. The number of aliphatic carboxylic acids is 1. The van der Waals surface area contributed by atoms with Crippen molar-refractivity contribution in [2.24, 2.45) is 0 Å². The van der Waals surface area contributed by atoms with Gasteiger partial charge in [-0.25, -0.2) is 0 Å². The number of rotatable bonds is 5. The van der Waals surface area contributed by atoms with E-state index in [1.165, 1.54) is 0 Å². The van der Waals surface area contributed by atoms with Gasteiger partial charge in [-0.15, -0.1) is 0 Å². The summed E-state index contributed by atoms with van der Waals surface area (Å²) in [6, 6.07) is 5.61. The van der Waals surface area contributed by atoms with E-state index in [1.54, 1.807) is 14.0 Å². The molecule has 1 atom stereocenters. The van der Waals surface area contributed by atoms with Gasteiger partial charge in [-0.05, 0) is 24.6 Å². The maximum atomic E-state index is 11.1. The number of hydrogen-bond donors (Lipinski definition) is 1. The average molecular weight is 279 g/mol. The molecule has 1 aliphatic heterocycles. The lowest BCUT2D eigenvalue weighted by molar-refractivity contribution is -0.138. The second-order valence-corrected chi connectivity index (χ2v) is 5.02. The van der Waals surface area contributed by atoms with Crippen molar-refractivity contribution < 1.29 is 19.4 Å². The molecule has 20 heavy (non-hydrogen) atoms. The van der Waals surface area contributed by atoms with Crippen LogP contribution in [0, 0.1) is 0 Å². The first kappa shape index (κ1) is 14.8. The number of ether oxygens (including phenoxy) is 2. The molecule has 2 rings (SSSR count). The molecule has 5 nitrogen and oxygen atoms in total. The summed E-state index contributed by atoms with van der Waals surface area (Å²) in [5.74, 6) is -0.519. The Morgan fingerprint density at radius 1 is 1.45 bits per heavy atom. The predicted octanol–water partition coefficient (Wildman–Crippen LogP) is 1.72. The number of carboxylic acids is 1. The van der Waals surface area contributed by atoms with Gasteiger partial charge in [0.15, 0.2) is 0 Å². The van der Waals surface area contributed by atoms with Gasteiger partial charge in [-0.2, -0.15) is 0 Å². The van der Waals surface area contributed by atoms with Crippen molar-refractivity contribution in [3.05, 3.63) is 29.3 Å². The second kappa shape index (κ2) is 6.72. The zero-order valence-electron chi connectivity index (χ0n) is 12.0. The van der Waals surface area contributed by atoms with Crippen LogP contribution in [0.5, 0.6) is 5.75 Å². The zero-order valence-corrected chi connectivity index (χ0v) is 12.0. The Morgan fingerprint density at radius 2 is 2.15 bits per heavy atom. The second-order valence-electron chi connectivity index (χ2n) is 5.02.